The molecule has 2 aromatic carbocycles. The second-order valence-electron chi connectivity index (χ2n) is 7.70. The van der Waals surface area contributed by atoms with Crippen molar-refractivity contribution in [3.8, 4) is 22.3 Å². The molecule has 0 aliphatic heterocycles. The number of carbonyl (C=O) groups is 1. The summed E-state index contributed by atoms with van der Waals surface area (Å²) in [4.78, 5) is 38.6. The van der Waals surface area contributed by atoms with E-state index >= 15 is 0 Å². The Labute approximate surface area is 203 Å². The summed E-state index contributed by atoms with van der Waals surface area (Å²) in [6.07, 6.45) is 0. The normalized spacial score (nSPS) is 11.3. The Hall–Kier alpha value is -4.31. The van der Waals surface area contributed by atoms with Crippen LogP contribution in [0.1, 0.15) is 24.2 Å². The number of nitrogens with zero attached hydrogens (tertiary/aromatic N) is 3. The van der Waals surface area contributed by atoms with E-state index < -0.39 is 23.4 Å². The lowest BCUT2D eigenvalue weighted by molar-refractivity contribution is 0.0384. The summed E-state index contributed by atoms with van der Waals surface area (Å²) in [6, 6.07) is 14.9. The standard InChI is InChI=1S/C25H21N3O6S/c1-3-27(4-2)14-9-10-15-17(13-14)33-24(31)22(23-26-16-7-5-6-8-18(16)35-23)21(15)25(32)34-28-19(29)11-12-20(28)30/h5-13,29-30H,3-4H2,1-2H3. The highest BCUT2D eigenvalue weighted by molar-refractivity contribution is 7.21. The maximum absolute atomic E-state index is 13.4. The first-order valence-corrected chi connectivity index (χ1v) is 11.8. The van der Waals surface area contributed by atoms with Crippen molar-refractivity contribution in [1.82, 2.24) is 9.71 Å². The Morgan fingerprint density at radius 1 is 1.09 bits per heavy atom. The lowest BCUT2D eigenvalue weighted by Crippen LogP contribution is -2.23. The van der Waals surface area contributed by atoms with E-state index in [1.54, 1.807) is 12.1 Å². The van der Waals surface area contributed by atoms with Gasteiger partial charge in [0.15, 0.2) is 0 Å². The molecule has 0 radical (unpaired) electrons. The van der Waals surface area contributed by atoms with Crippen molar-refractivity contribution < 1.29 is 24.3 Å². The second kappa shape index (κ2) is 8.80. The number of fused-ring (bicyclic) bond motifs is 2. The zero-order valence-corrected chi connectivity index (χ0v) is 19.7. The van der Waals surface area contributed by atoms with Gasteiger partial charge in [-0.25, -0.2) is 14.6 Å². The molecule has 178 valence electrons. The van der Waals surface area contributed by atoms with Crippen molar-refractivity contribution in [2.45, 2.75) is 13.8 Å². The van der Waals surface area contributed by atoms with Crippen LogP contribution in [-0.2, 0) is 0 Å². The number of para-hydroxylation sites is 1. The van der Waals surface area contributed by atoms with E-state index in [0.717, 1.165) is 23.5 Å². The number of rotatable bonds is 6. The fourth-order valence-electron chi connectivity index (χ4n) is 3.98. The number of anilines is 1. The van der Waals surface area contributed by atoms with Gasteiger partial charge in [0.1, 0.15) is 16.2 Å². The molecular weight excluding hydrogens is 470 g/mol. The molecule has 35 heavy (non-hydrogen) atoms. The van der Waals surface area contributed by atoms with E-state index in [9.17, 15) is 19.8 Å². The largest absolute Gasteiger partial charge is 0.492 e. The third-order valence-corrected chi connectivity index (χ3v) is 6.76. The van der Waals surface area contributed by atoms with Crippen LogP contribution in [0.25, 0.3) is 31.8 Å². The zero-order valence-electron chi connectivity index (χ0n) is 18.9. The van der Waals surface area contributed by atoms with Crippen LogP contribution in [0, 0.1) is 0 Å². The minimum atomic E-state index is -0.963. The minimum Gasteiger partial charge on any atom is -0.492 e. The molecule has 3 aromatic heterocycles. The minimum absolute atomic E-state index is 0.0505. The van der Waals surface area contributed by atoms with Gasteiger partial charge in [-0.2, -0.15) is 0 Å². The Balaban J connectivity index is 1.76. The predicted octanol–water partition coefficient (Wildman–Crippen LogP) is 4.40. The van der Waals surface area contributed by atoms with Gasteiger partial charge in [0, 0.05) is 42.4 Å². The number of hydrogen-bond acceptors (Lipinski definition) is 9. The highest BCUT2D eigenvalue weighted by Crippen LogP contribution is 2.35. The molecule has 0 unspecified atom stereocenters. The van der Waals surface area contributed by atoms with E-state index in [4.69, 9.17) is 9.25 Å². The lowest BCUT2D eigenvalue weighted by Gasteiger charge is -2.21. The molecule has 0 aliphatic rings. The van der Waals surface area contributed by atoms with E-state index in [2.05, 4.69) is 9.88 Å². The summed E-state index contributed by atoms with van der Waals surface area (Å²) < 4.78 is 7.08. The third kappa shape index (κ3) is 3.87. The third-order valence-electron chi connectivity index (χ3n) is 5.70. The average molecular weight is 492 g/mol. The number of thiazole rings is 1. The number of hydrogen-bond donors (Lipinski definition) is 2. The molecule has 0 spiro atoms. The van der Waals surface area contributed by atoms with Crippen LogP contribution >= 0.6 is 11.3 Å². The molecule has 10 heteroatoms. The van der Waals surface area contributed by atoms with E-state index in [1.807, 2.05) is 44.2 Å². The van der Waals surface area contributed by atoms with Crippen LogP contribution < -0.4 is 15.4 Å². The van der Waals surface area contributed by atoms with Crippen LogP contribution in [0.5, 0.6) is 11.8 Å². The van der Waals surface area contributed by atoms with Gasteiger partial charge in [0.25, 0.3) is 0 Å². The maximum atomic E-state index is 13.4. The number of benzene rings is 2. The molecule has 5 aromatic rings. The summed E-state index contributed by atoms with van der Waals surface area (Å²) in [5.74, 6) is -1.92. The van der Waals surface area contributed by atoms with Gasteiger partial charge in [-0.15, -0.1) is 16.1 Å². The monoisotopic (exact) mass is 491 g/mol. The smallest absolute Gasteiger partial charge is 0.365 e. The summed E-state index contributed by atoms with van der Waals surface area (Å²) in [7, 11) is 0. The summed E-state index contributed by atoms with van der Waals surface area (Å²) in [5, 5.41) is 20.5. The van der Waals surface area contributed by atoms with Gasteiger partial charge in [-0.3, -0.25) is 0 Å². The molecule has 9 nitrogen and oxygen atoms in total. The first-order chi connectivity index (χ1) is 16.9. The Morgan fingerprint density at radius 2 is 1.80 bits per heavy atom. The molecule has 0 saturated carbocycles. The number of aromatic hydroxyl groups is 2. The Bertz CT molecular complexity index is 1580. The van der Waals surface area contributed by atoms with Crippen molar-refractivity contribution in [2.75, 3.05) is 18.0 Å². The molecule has 0 fully saturated rings. The summed E-state index contributed by atoms with van der Waals surface area (Å²) in [5.41, 5.74) is 0.833. The molecule has 0 atom stereocenters. The predicted molar refractivity (Wildman–Crippen MR) is 133 cm³/mol. The fourth-order valence-corrected chi connectivity index (χ4v) is 4.99. The van der Waals surface area contributed by atoms with Crippen LogP contribution in [0.3, 0.4) is 0 Å². The first kappa shape index (κ1) is 22.5. The van der Waals surface area contributed by atoms with E-state index in [-0.39, 0.29) is 16.7 Å². The van der Waals surface area contributed by atoms with Crippen LogP contribution in [0.2, 0.25) is 0 Å². The van der Waals surface area contributed by atoms with Gasteiger partial charge >= 0.3 is 11.6 Å². The first-order valence-electron chi connectivity index (χ1n) is 10.9. The highest BCUT2D eigenvalue weighted by atomic mass is 32.1. The molecule has 0 saturated heterocycles. The molecule has 0 aliphatic carbocycles. The van der Waals surface area contributed by atoms with Crippen LogP contribution in [0.15, 0.2) is 63.8 Å². The van der Waals surface area contributed by atoms with Crippen LogP contribution in [-0.4, -0.2) is 39.0 Å². The van der Waals surface area contributed by atoms with Crippen molar-refractivity contribution in [3.63, 3.8) is 0 Å². The SMILES string of the molecule is CCN(CC)c1ccc2c(C(=O)On3c(O)ccc3O)c(-c3nc4ccccc4s3)c(=O)oc2c1. The second-order valence-corrected chi connectivity index (χ2v) is 8.73. The lowest BCUT2D eigenvalue weighted by atomic mass is 10.0. The number of aromatic nitrogens is 2. The quantitative estimate of drug-likeness (QED) is 0.336. The molecule has 5 rings (SSSR count). The van der Waals surface area contributed by atoms with Crippen molar-refractivity contribution in [1.29, 1.82) is 0 Å². The Morgan fingerprint density at radius 3 is 2.49 bits per heavy atom. The van der Waals surface area contributed by atoms with Gasteiger partial charge in [-0.05, 0) is 38.1 Å². The molecule has 0 amide bonds. The summed E-state index contributed by atoms with van der Waals surface area (Å²) in [6.45, 7) is 5.52. The summed E-state index contributed by atoms with van der Waals surface area (Å²) >= 11 is 1.24. The molecule has 3 heterocycles. The van der Waals surface area contributed by atoms with Gasteiger partial charge in [-0.1, -0.05) is 12.1 Å². The van der Waals surface area contributed by atoms with Gasteiger partial charge < -0.3 is 24.4 Å². The molecule has 0 bridgehead atoms. The van der Waals surface area contributed by atoms with Crippen molar-refractivity contribution in [3.05, 3.63) is 70.6 Å². The van der Waals surface area contributed by atoms with Crippen LogP contribution in [0.4, 0.5) is 5.69 Å². The zero-order chi connectivity index (χ0) is 24.7. The van der Waals surface area contributed by atoms with E-state index in [1.165, 1.54) is 23.5 Å². The van der Waals surface area contributed by atoms with Gasteiger partial charge in [0.05, 0.1) is 15.8 Å². The Kier molecular flexibility index (Phi) is 5.65. The van der Waals surface area contributed by atoms with E-state index in [0.29, 0.717) is 20.6 Å². The molecular formula is C25H21N3O6S. The maximum Gasteiger partial charge on any atom is 0.365 e. The molecule has 2 N–H and O–H groups in total. The highest BCUT2D eigenvalue weighted by Gasteiger charge is 2.27. The van der Waals surface area contributed by atoms with Gasteiger partial charge in [0.2, 0.25) is 11.8 Å². The topological polar surface area (TPSA) is 118 Å². The average Bonchev–Trinajstić information content (AvgIpc) is 3.42. The fraction of sp³-hybridized carbons (Fsp3) is 0.160. The van der Waals surface area contributed by atoms with Crippen molar-refractivity contribution >= 4 is 44.2 Å². The van der Waals surface area contributed by atoms with Crippen molar-refractivity contribution in [2.24, 2.45) is 0 Å². The number of carbonyl (C=O) groups excluding carboxylic acids is 1.